The molecule has 2 rings (SSSR count). The lowest BCUT2D eigenvalue weighted by atomic mass is 10.1. The zero-order valence-corrected chi connectivity index (χ0v) is 11.3. The number of hydrogen-bond donors (Lipinski definition) is 2. The van der Waals surface area contributed by atoms with Crippen molar-refractivity contribution in [2.45, 2.75) is 19.9 Å². The van der Waals surface area contributed by atoms with Crippen LogP contribution in [0, 0.1) is 6.92 Å². The minimum absolute atomic E-state index is 0.227. The van der Waals surface area contributed by atoms with Gasteiger partial charge < -0.3 is 11.1 Å². The van der Waals surface area contributed by atoms with Gasteiger partial charge in [0.25, 0.3) is 0 Å². The zero-order chi connectivity index (χ0) is 13.1. The minimum atomic E-state index is 0.227. The summed E-state index contributed by atoms with van der Waals surface area (Å²) in [6.07, 6.45) is 0. The lowest BCUT2D eigenvalue weighted by Crippen LogP contribution is -2.06. The van der Waals surface area contributed by atoms with Gasteiger partial charge in [0.05, 0.1) is 0 Å². The van der Waals surface area contributed by atoms with E-state index in [2.05, 4.69) is 18.3 Å². The standard InChI is InChI=1S/C15H17ClN2/c1-10-9-14(7-8-15(10)17)18-11(2)12-3-5-13(16)6-4-12/h3-9,11,18H,17H2,1-2H3. The van der Waals surface area contributed by atoms with E-state index in [0.717, 1.165) is 22.0 Å². The van der Waals surface area contributed by atoms with Gasteiger partial charge >= 0.3 is 0 Å². The molecule has 0 bridgehead atoms. The van der Waals surface area contributed by atoms with Crippen molar-refractivity contribution in [2.75, 3.05) is 11.1 Å². The lowest BCUT2D eigenvalue weighted by Gasteiger charge is -2.16. The molecule has 0 aliphatic carbocycles. The van der Waals surface area contributed by atoms with E-state index in [1.165, 1.54) is 5.56 Å². The molecule has 2 nitrogen and oxygen atoms in total. The van der Waals surface area contributed by atoms with Crippen LogP contribution in [-0.2, 0) is 0 Å². The van der Waals surface area contributed by atoms with E-state index in [1.54, 1.807) is 0 Å². The highest BCUT2D eigenvalue weighted by molar-refractivity contribution is 6.30. The Labute approximate surface area is 113 Å². The average Bonchev–Trinajstić information content (AvgIpc) is 2.34. The van der Waals surface area contributed by atoms with Gasteiger partial charge in [-0.05, 0) is 55.3 Å². The molecule has 0 aliphatic rings. The van der Waals surface area contributed by atoms with Crippen LogP contribution in [0.5, 0.6) is 0 Å². The molecule has 0 aromatic heterocycles. The molecule has 18 heavy (non-hydrogen) atoms. The number of benzene rings is 2. The minimum Gasteiger partial charge on any atom is -0.399 e. The van der Waals surface area contributed by atoms with Crippen molar-refractivity contribution in [2.24, 2.45) is 0 Å². The summed E-state index contributed by atoms with van der Waals surface area (Å²) >= 11 is 5.88. The van der Waals surface area contributed by atoms with Crippen molar-refractivity contribution in [1.82, 2.24) is 0 Å². The van der Waals surface area contributed by atoms with Crippen molar-refractivity contribution in [3.63, 3.8) is 0 Å². The smallest absolute Gasteiger partial charge is 0.0485 e. The van der Waals surface area contributed by atoms with Gasteiger partial charge in [0.1, 0.15) is 0 Å². The molecule has 0 heterocycles. The number of nitrogens with one attached hydrogen (secondary N) is 1. The Hall–Kier alpha value is -1.67. The molecular formula is C15H17ClN2. The fourth-order valence-electron chi connectivity index (χ4n) is 1.85. The van der Waals surface area contributed by atoms with Crippen LogP contribution in [-0.4, -0.2) is 0 Å². The third-order valence-electron chi connectivity index (χ3n) is 3.02. The first-order chi connectivity index (χ1) is 8.56. The monoisotopic (exact) mass is 260 g/mol. The summed E-state index contributed by atoms with van der Waals surface area (Å²) in [5.74, 6) is 0. The Kier molecular flexibility index (Phi) is 3.78. The molecule has 2 aromatic carbocycles. The van der Waals surface area contributed by atoms with Gasteiger partial charge in [-0.15, -0.1) is 0 Å². The van der Waals surface area contributed by atoms with Crippen LogP contribution < -0.4 is 11.1 Å². The molecule has 0 saturated carbocycles. The summed E-state index contributed by atoms with van der Waals surface area (Å²) in [6.45, 7) is 4.13. The van der Waals surface area contributed by atoms with Crippen molar-refractivity contribution in [3.8, 4) is 0 Å². The molecule has 3 N–H and O–H groups in total. The fraction of sp³-hybridized carbons (Fsp3) is 0.200. The number of hydrogen-bond acceptors (Lipinski definition) is 2. The molecule has 94 valence electrons. The molecule has 2 aromatic rings. The van der Waals surface area contributed by atoms with Gasteiger partial charge in [0.15, 0.2) is 0 Å². The van der Waals surface area contributed by atoms with Crippen LogP contribution in [0.1, 0.15) is 24.1 Å². The van der Waals surface area contributed by atoms with Crippen LogP contribution in [0.15, 0.2) is 42.5 Å². The van der Waals surface area contributed by atoms with E-state index in [1.807, 2.05) is 43.3 Å². The van der Waals surface area contributed by atoms with E-state index in [4.69, 9.17) is 17.3 Å². The Morgan fingerprint density at radius 3 is 2.39 bits per heavy atom. The Morgan fingerprint density at radius 2 is 1.78 bits per heavy atom. The predicted octanol–water partition coefficient (Wildman–Crippen LogP) is 4.40. The fourth-order valence-corrected chi connectivity index (χ4v) is 1.98. The molecule has 0 saturated heterocycles. The van der Waals surface area contributed by atoms with Crippen molar-refractivity contribution < 1.29 is 0 Å². The molecule has 1 unspecified atom stereocenters. The van der Waals surface area contributed by atoms with Crippen LogP contribution in [0.2, 0.25) is 5.02 Å². The quantitative estimate of drug-likeness (QED) is 0.803. The summed E-state index contributed by atoms with van der Waals surface area (Å²) in [5, 5.41) is 4.21. The van der Waals surface area contributed by atoms with Gasteiger partial charge in [-0.25, -0.2) is 0 Å². The van der Waals surface area contributed by atoms with E-state index >= 15 is 0 Å². The number of aryl methyl sites for hydroxylation is 1. The largest absolute Gasteiger partial charge is 0.399 e. The SMILES string of the molecule is Cc1cc(NC(C)c2ccc(Cl)cc2)ccc1N. The Balaban J connectivity index is 2.13. The highest BCUT2D eigenvalue weighted by Gasteiger charge is 2.05. The third-order valence-corrected chi connectivity index (χ3v) is 3.27. The summed E-state index contributed by atoms with van der Waals surface area (Å²) in [4.78, 5) is 0. The van der Waals surface area contributed by atoms with Gasteiger partial charge in [-0.1, -0.05) is 23.7 Å². The van der Waals surface area contributed by atoms with Crippen LogP contribution >= 0.6 is 11.6 Å². The highest BCUT2D eigenvalue weighted by Crippen LogP contribution is 2.23. The predicted molar refractivity (Wildman–Crippen MR) is 79.1 cm³/mol. The number of nitrogen functional groups attached to an aromatic ring is 1. The van der Waals surface area contributed by atoms with Crippen LogP contribution in [0.25, 0.3) is 0 Å². The van der Waals surface area contributed by atoms with Gasteiger partial charge in [-0.2, -0.15) is 0 Å². The molecule has 0 fully saturated rings. The van der Waals surface area contributed by atoms with Crippen molar-refractivity contribution >= 4 is 23.0 Å². The molecule has 3 heteroatoms. The van der Waals surface area contributed by atoms with E-state index in [-0.39, 0.29) is 6.04 Å². The number of anilines is 2. The summed E-state index contributed by atoms with van der Waals surface area (Å²) in [7, 11) is 0. The molecule has 0 spiro atoms. The number of rotatable bonds is 3. The van der Waals surface area contributed by atoms with Gasteiger partial charge in [0.2, 0.25) is 0 Å². The van der Waals surface area contributed by atoms with E-state index in [9.17, 15) is 0 Å². The maximum Gasteiger partial charge on any atom is 0.0485 e. The van der Waals surface area contributed by atoms with Crippen LogP contribution in [0.3, 0.4) is 0 Å². The van der Waals surface area contributed by atoms with E-state index in [0.29, 0.717) is 0 Å². The lowest BCUT2D eigenvalue weighted by molar-refractivity contribution is 0.884. The normalized spacial score (nSPS) is 12.2. The molecular weight excluding hydrogens is 244 g/mol. The third kappa shape index (κ3) is 2.96. The molecule has 0 amide bonds. The topological polar surface area (TPSA) is 38.0 Å². The first-order valence-electron chi connectivity index (χ1n) is 5.94. The second-order valence-corrected chi connectivity index (χ2v) is 4.93. The van der Waals surface area contributed by atoms with Crippen molar-refractivity contribution in [1.29, 1.82) is 0 Å². The van der Waals surface area contributed by atoms with E-state index < -0.39 is 0 Å². The summed E-state index contributed by atoms with van der Waals surface area (Å²) < 4.78 is 0. The number of halogens is 1. The van der Waals surface area contributed by atoms with Crippen molar-refractivity contribution in [3.05, 3.63) is 58.6 Å². The number of nitrogens with two attached hydrogens (primary N) is 1. The first-order valence-corrected chi connectivity index (χ1v) is 6.32. The zero-order valence-electron chi connectivity index (χ0n) is 10.6. The maximum absolute atomic E-state index is 5.88. The highest BCUT2D eigenvalue weighted by atomic mass is 35.5. The Bertz CT molecular complexity index is 535. The molecule has 0 aliphatic heterocycles. The first kappa shape index (κ1) is 12.8. The Morgan fingerprint density at radius 1 is 1.11 bits per heavy atom. The summed E-state index contributed by atoms with van der Waals surface area (Å²) in [6, 6.07) is 14.1. The molecule has 1 atom stereocenters. The van der Waals surface area contributed by atoms with Gasteiger partial charge in [0, 0.05) is 22.4 Å². The van der Waals surface area contributed by atoms with Gasteiger partial charge in [-0.3, -0.25) is 0 Å². The average molecular weight is 261 g/mol. The summed E-state index contributed by atoms with van der Waals surface area (Å²) in [5.41, 5.74) is 9.99. The maximum atomic E-state index is 5.88. The molecule has 0 radical (unpaired) electrons. The second kappa shape index (κ2) is 5.32. The van der Waals surface area contributed by atoms with Crippen LogP contribution in [0.4, 0.5) is 11.4 Å². The second-order valence-electron chi connectivity index (χ2n) is 4.49.